The maximum Gasteiger partial charge on any atom is 0.119 e. The van der Waals surface area contributed by atoms with Gasteiger partial charge < -0.3 is 14.1 Å². The summed E-state index contributed by atoms with van der Waals surface area (Å²) in [5.41, 5.74) is 3.35. The van der Waals surface area contributed by atoms with E-state index in [9.17, 15) is 0 Å². The van der Waals surface area contributed by atoms with E-state index in [1.165, 1.54) is 5.56 Å². The molecule has 5 nitrogen and oxygen atoms in total. The number of hydrogen-bond donors (Lipinski definition) is 1. The highest BCUT2D eigenvalue weighted by Gasteiger charge is 2.13. The van der Waals surface area contributed by atoms with Crippen LogP contribution in [0, 0.1) is 6.92 Å². The zero-order valence-electron chi connectivity index (χ0n) is 13.5. The summed E-state index contributed by atoms with van der Waals surface area (Å²) in [5.74, 6) is 1.82. The molecule has 1 aromatic carbocycles. The second-order valence-electron chi connectivity index (χ2n) is 5.55. The van der Waals surface area contributed by atoms with Crippen LogP contribution >= 0.6 is 0 Å². The standard InChI is InChI=1S/C18H21N3O2/c1-14-18(20-13-19-14)12-21(11-17-7-4-8-23-17)10-15-5-3-6-16(9-15)22-2/h3-9,13H,10-12H2,1-2H3,(H,19,20). The Morgan fingerprint density at radius 3 is 2.78 bits per heavy atom. The Balaban J connectivity index is 1.77. The maximum atomic E-state index is 5.50. The molecule has 0 aliphatic heterocycles. The first-order valence-electron chi connectivity index (χ1n) is 7.61. The highest BCUT2D eigenvalue weighted by molar-refractivity contribution is 5.28. The third-order valence-corrected chi connectivity index (χ3v) is 3.81. The van der Waals surface area contributed by atoms with Crippen molar-refractivity contribution in [2.75, 3.05) is 7.11 Å². The Kier molecular flexibility index (Phi) is 4.78. The van der Waals surface area contributed by atoms with Crippen LogP contribution in [-0.2, 0) is 19.6 Å². The number of aromatic amines is 1. The van der Waals surface area contributed by atoms with Gasteiger partial charge in [0.25, 0.3) is 0 Å². The lowest BCUT2D eigenvalue weighted by molar-refractivity contribution is 0.224. The molecule has 2 heterocycles. The summed E-state index contributed by atoms with van der Waals surface area (Å²) in [6.07, 6.45) is 3.44. The van der Waals surface area contributed by atoms with Gasteiger partial charge in [-0.05, 0) is 36.8 Å². The number of nitrogens with zero attached hydrogens (tertiary/aromatic N) is 2. The van der Waals surface area contributed by atoms with Crippen molar-refractivity contribution in [3.8, 4) is 5.75 Å². The third-order valence-electron chi connectivity index (χ3n) is 3.81. The van der Waals surface area contributed by atoms with E-state index in [1.807, 2.05) is 31.2 Å². The van der Waals surface area contributed by atoms with Crippen molar-refractivity contribution in [3.05, 3.63) is 71.7 Å². The lowest BCUT2D eigenvalue weighted by Crippen LogP contribution is -2.22. The van der Waals surface area contributed by atoms with E-state index in [2.05, 4.69) is 27.0 Å². The fourth-order valence-electron chi connectivity index (χ4n) is 2.58. The molecule has 0 amide bonds. The zero-order chi connectivity index (χ0) is 16.1. The molecule has 3 rings (SSSR count). The maximum absolute atomic E-state index is 5.50. The van der Waals surface area contributed by atoms with Crippen LogP contribution in [0.4, 0.5) is 0 Å². The van der Waals surface area contributed by atoms with Crippen LogP contribution in [0.1, 0.15) is 22.7 Å². The lowest BCUT2D eigenvalue weighted by Gasteiger charge is -2.21. The normalized spacial score (nSPS) is 11.1. The Labute approximate surface area is 135 Å². The van der Waals surface area contributed by atoms with E-state index >= 15 is 0 Å². The molecular weight excluding hydrogens is 290 g/mol. The third kappa shape index (κ3) is 4.02. The fraction of sp³-hybridized carbons (Fsp3) is 0.278. The van der Waals surface area contributed by atoms with E-state index in [0.717, 1.165) is 42.5 Å². The minimum absolute atomic E-state index is 0.733. The number of ether oxygens (including phenoxy) is 1. The van der Waals surface area contributed by atoms with Gasteiger partial charge in [-0.2, -0.15) is 0 Å². The van der Waals surface area contributed by atoms with E-state index in [0.29, 0.717) is 0 Å². The van der Waals surface area contributed by atoms with Crippen molar-refractivity contribution in [1.82, 2.24) is 14.9 Å². The van der Waals surface area contributed by atoms with Gasteiger partial charge in [-0.15, -0.1) is 0 Å². The van der Waals surface area contributed by atoms with Crippen LogP contribution < -0.4 is 4.74 Å². The molecule has 120 valence electrons. The number of aryl methyl sites for hydroxylation is 1. The van der Waals surface area contributed by atoms with Crippen molar-refractivity contribution in [3.63, 3.8) is 0 Å². The number of methoxy groups -OCH3 is 1. The Bertz CT molecular complexity index is 734. The van der Waals surface area contributed by atoms with Crippen molar-refractivity contribution in [1.29, 1.82) is 0 Å². The van der Waals surface area contributed by atoms with Gasteiger partial charge in [0.2, 0.25) is 0 Å². The van der Waals surface area contributed by atoms with E-state index in [4.69, 9.17) is 9.15 Å². The molecule has 23 heavy (non-hydrogen) atoms. The minimum atomic E-state index is 0.733. The van der Waals surface area contributed by atoms with Gasteiger partial charge >= 0.3 is 0 Å². The first kappa shape index (κ1) is 15.4. The first-order valence-corrected chi connectivity index (χ1v) is 7.61. The highest BCUT2D eigenvalue weighted by Crippen LogP contribution is 2.18. The molecule has 0 spiro atoms. The van der Waals surface area contributed by atoms with Crippen molar-refractivity contribution in [2.24, 2.45) is 0 Å². The number of hydrogen-bond acceptors (Lipinski definition) is 4. The molecule has 0 aliphatic rings. The zero-order valence-corrected chi connectivity index (χ0v) is 13.5. The number of benzene rings is 1. The fourth-order valence-corrected chi connectivity index (χ4v) is 2.58. The number of aromatic nitrogens is 2. The van der Waals surface area contributed by atoms with Crippen molar-refractivity contribution < 1.29 is 9.15 Å². The van der Waals surface area contributed by atoms with Crippen LogP contribution in [0.3, 0.4) is 0 Å². The topological polar surface area (TPSA) is 54.3 Å². The van der Waals surface area contributed by atoms with Crippen LogP contribution in [-0.4, -0.2) is 22.0 Å². The predicted molar refractivity (Wildman–Crippen MR) is 88.0 cm³/mol. The Hall–Kier alpha value is -2.53. The molecule has 0 radical (unpaired) electrons. The monoisotopic (exact) mass is 311 g/mol. The Morgan fingerprint density at radius 2 is 2.09 bits per heavy atom. The molecule has 0 fully saturated rings. The average molecular weight is 311 g/mol. The summed E-state index contributed by atoms with van der Waals surface area (Å²) in [4.78, 5) is 9.84. The van der Waals surface area contributed by atoms with Crippen molar-refractivity contribution >= 4 is 0 Å². The number of imidazole rings is 1. The van der Waals surface area contributed by atoms with E-state index < -0.39 is 0 Å². The number of H-pyrrole nitrogens is 1. The van der Waals surface area contributed by atoms with E-state index in [-0.39, 0.29) is 0 Å². The van der Waals surface area contributed by atoms with Crippen LogP contribution in [0.15, 0.2) is 53.4 Å². The second kappa shape index (κ2) is 7.15. The van der Waals surface area contributed by atoms with Crippen LogP contribution in [0.2, 0.25) is 0 Å². The molecular formula is C18H21N3O2. The molecule has 0 bridgehead atoms. The van der Waals surface area contributed by atoms with Gasteiger partial charge in [-0.1, -0.05) is 12.1 Å². The summed E-state index contributed by atoms with van der Waals surface area (Å²) in [5, 5.41) is 0. The summed E-state index contributed by atoms with van der Waals surface area (Å²) in [7, 11) is 1.69. The smallest absolute Gasteiger partial charge is 0.119 e. The highest BCUT2D eigenvalue weighted by atomic mass is 16.5. The molecule has 5 heteroatoms. The molecule has 1 N–H and O–H groups in total. The second-order valence-corrected chi connectivity index (χ2v) is 5.55. The van der Waals surface area contributed by atoms with Gasteiger partial charge in [0.15, 0.2) is 0 Å². The van der Waals surface area contributed by atoms with Crippen molar-refractivity contribution in [2.45, 2.75) is 26.6 Å². The van der Waals surface area contributed by atoms with Gasteiger partial charge in [0.05, 0.1) is 31.9 Å². The van der Waals surface area contributed by atoms with Crippen LogP contribution in [0.25, 0.3) is 0 Å². The molecule has 0 saturated carbocycles. The summed E-state index contributed by atoms with van der Waals surface area (Å²) in [6.45, 7) is 4.33. The first-order chi connectivity index (χ1) is 11.2. The molecule has 3 aromatic rings. The molecule has 0 atom stereocenters. The number of furan rings is 1. The average Bonchev–Trinajstić information content (AvgIpc) is 3.20. The molecule has 0 unspecified atom stereocenters. The van der Waals surface area contributed by atoms with E-state index in [1.54, 1.807) is 19.7 Å². The minimum Gasteiger partial charge on any atom is -0.497 e. The summed E-state index contributed by atoms with van der Waals surface area (Å²) in [6, 6.07) is 12.0. The van der Waals surface area contributed by atoms with Crippen LogP contribution in [0.5, 0.6) is 5.75 Å². The number of rotatable bonds is 7. The summed E-state index contributed by atoms with van der Waals surface area (Å²) < 4.78 is 10.8. The predicted octanol–water partition coefficient (Wildman–Crippen LogP) is 3.52. The molecule has 2 aromatic heterocycles. The Morgan fingerprint density at radius 1 is 1.17 bits per heavy atom. The molecule has 0 saturated heterocycles. The lowest BCUT2D eigenvalue weighted by atomic mass is 10.2. The van der Waals surface area contributed by atoms with Gasteiger partial charge in [-0.3, -0.25) is 4.90 Å². The quantitative estimate of drug-likeness (QED) is 0.725. The van der Waals surface area contributed by atoms with Gasteiger partial charge in [-0.25, -0.2) is 4.98 Å². The largest absolute Gasteiger partial charge is 0.497 e. The molecule has 0 aliphatic carbocycles. The SMILES string of the molecule is COc1cccc(CN(Cc2ccco2)Cc2nc[nH]c2C)c1. The van der Waals surface area contributed by atoms with Gasteiger partial charge in [0.1, 0.15) is 11.5 Å². The number of nitrogens with one attached hydrogen (secondary N) is 1. The van der Waals surface area contributed by atoms with Gasteiger partial charge in [0, 0.05) is 18.8 Å². The summed E-state index contributed by atoms with van der Waals surface area (Å²) >= 11 is 0.